The van der Waals surface area contributed by atoms with Crippen LogP contribution in [0.15, 0.2) is 30.5 Å². The number of amides is 2. The second kappa shape index (κ2) is 7.69. The minimum atomic E-state index is -0.345. The molecular formula is C21H25N5O3. The summed E-state index contributed by atoms with van der Waals surface area (Å²) in [6.07, 6.45) is 1.43. The zero-order chi connectivity index (χ0) is 20.5. The number of hydrogen-bond acceptors (Lipinski definition) is 6. The van der Waals surface area contributed by atoms with Gasteiger partial charge in [0.2, 0.25) is 0 Å². The Hall–Kier alpha value is -3.16. The second-order valence-corrected chi connectivity index (χ2v) is 7.54. The summed E-state index contributed by atoms with van der Waals surface area (Å²) in [6, 6.07) is 7.15. The monoisotopic (exact) mass is 395 g/mol. The number of rotatable bonds is 3. The Labute approximate surface area is 170 Å². The van der Waals surface area contributed by atoms with E-state index in [0.29, 0.717) is 25.3 Å². The summed E-state index contributed by atoms with van der Waals surface area (Å²) in [6.45, 7) is 8.91. The summed E-state index contributed by atoms with van der Waals surface area (Å²) in [7, 11) is 0. The Morgan fingerprint density at radius 1 is 1.10 bits per heavy atom. The van der Waals surface area contributed by atoms with Crippen molar-refractivity contribution >= 4 is 23.5 Å². The normalized spacial score (nSPS) is 19.5. The topological polar surface area (TPSA) is 78.9 Å². The first-order chi connectivity index (χ1) is 13.9. The van der Waals surface area contributed by atoms with Crippen LogP contribution < -0.4 is 9.80 Å². The van der Waals surface area contributed by atoms with Crippen LogP contribution in [0.2, 0.25) is 0 Å². The molecule has 2 fully saturated rings. The van der Waals surface area contributed by atoms with Gasteiger partial charge >= 0.3 is 6.09 Å². The fourth-order valence-corrected chi connectivity index (χ4v) is 3.85. The lowest BCUT2D eigenvalue weighted by atomic mass is 10.1. The van der Waals surface area contributed by atoms with E-state index < -0.39 is 0 Å². The summed E-state index contributed by atoms with van der Waals surface area (Å²) >= 11 is 0. The van der Waals surface area contributed by atoms with Crippen LogP contribution >= 0.6 is 0 Å². The zero-order valence-electron chi connectivity index (χ0n) is 17.0. The highest BCUT2D eigenvalue weighted by Crippen LogP contribution is 2.24. The molecule has 2 aliphatic rings. The van der Waals surface area contributed by atoms with Crippen molar-refractivity contribution in [1.29, 1.82) is 0 Å². The highest BCUT2D eigenvalue weighted by atomic mass is 16.6. The molecule has 0 N–H and O–H groups in total. The number of ether oxygens (including phenoxy) is 1. The predicted octanol–water partition coefficient (Wildman–Crippen LogP) is 2.40. The van der Waals surface area contributed by atoms with Crippen LogP contribution in [-0.4, -0.2) is 65.7 Å². The molecule has 2 aromatic rings. The Morgan fingerprint density at radius 2 is 1.79 bits per heavy atom. The summed E-state index contributed by atoms with van der Waals surface area (Å²) in [5.74, 6) is 0.888. The van der Waals surface area contributed by atoms with Gasteiger partial charge in [-0.3, -0.25) is 14.7 Å². The van der Waals surface area contributed by atoms with Crippen LogP contribution in [0, 0.1) is 13.8 Å². The van der Waals surface area contributed by atoms with Crippen LogP contribution in [0.4, 0.5) is 16.3 Å². The van der Waals surface area contributed by atoms with Crippen molar-refractivity contribution in [3.8, 4) is 0 Å². The van der Waals surface area contributed by atoms with Gasteiger partial charge in [0.05, 0.1) is 23.6 Å². The largest absolute Gasteiger partial charge is 0.447 e. The third-order valence-corrected chi connectivity index (χ3v) is 5.39. The maximum atomic E-state index is 12.9. The highest BCUT2D eigenvalue weighted by Gasteiger charge is 2.31. The Kier molecular flexibility index (Phi) is 5.08. The van der Waals surface area contributed by atoms with Crippen molar-refractivity contribution in [2.75, 3.05) is 42.6 Å². The molecule has 0 spiro atoms. The molecule has 1 aromatic carbocycles. The molecule has 2 aliphatic heterocycles. The smallest absolute Gasteiger partial charge is 0.414 e. The number of carbonyl (C=O) groups is 2. The molecule has 2 amide bonds. The third-order valence-electron chi connectivity index (χ3n) is 5.39. The highest BCUT2D eigenvalue weighted by molar-refractivity contribution is 5.96. The second-order valence-electron chi connectivity index (χ2n) is 7.54. The van der Waals surface area contributed by atoms with Gasteiger partial charge in [0.15, 0.2) is 0 Å². The van der Waals surface area contributed by atoms with E-state index in [-0.39, 0.29) is 18.0 Å². The van der Waals surface area contributed by atoms with Gasteiger partial charge in [-0.2, -0.15) is 0 Å². The van der Waals surface area contributed by atoms with E-state index in [9.17, 15) is 9.59 Å². The maximum absolute atomic E-state index is 12.9. The molecule has 8 nitrogen and oxygen atoms in total. The van der Waals surface area contributed by atoms with Crippen LogP contribution in [0.3, 0.4) is 0 Å². The van der Waals surface area contributed by atoms with E-state index in [2.05, 4.69) is 14.9 Å². The van der Waals surface area contributed by atoms with E-state index in [4.69, 9.17) is 4.74 Å². The summed E-state index contributed by atoms with van der Waals surface area (Å²) in [5.41, 5.74) is 3.18. The van der Waals surface area contributed by atoms with Crippen molar-refractivity contribution in [2.45, 2.75) is 26.8 Å². The Bertz CT molecular complexity index is 922. The molecule has 152 valence electrons. The molecule has 29 heavy (non-hydrogen) atoms. The van der Waals surface area contributed by atoms with E-state index in [1.165, 1.54) is 0 Å². The van der Waals surface area contributed by atoms with Crippen molar-refractivity contribution in [3.05, 3.63) is 47.4 Å². The summed E-state index contributed by atoms with van der Waals surface area (Å²) in [5, 5.41) is 0. The number of cyclic esters (lactones) is 1. The SMILES string of the molecule is Cc1cnc(N2CCN(C(=O)c3ccc(N4C(=O)OC[C@H]4C)cc3)CC2)c(C)n1. The van der Waals surface area contributed by atoms with Gasteiger partial charge in [0.25, 0.3) is 5.91 Å². The minimum absolute atomic E-state index is 0.0000378. The fraction of sp³-hybridized carbons (Fsp3) is 0.429. The zero-order valence-corrected chi connectivity index (χ0v) is 17.0. The van der Waals surface area contributed by atoms with Gasteiger partial charge < -0.3 is 14.5 Å². The molecule has 3 heterocycles. The van der Waals surface area contributed by atoms with Crippen LogP contribution in [-0.2, 0) is 4.74 Å². The molecule has 8 heteroatoms. The average Bonchev–Trinajstić information content (AvgIpc) is 3.06. The molecule has 4 rings (SSSR count). The molecular weight excluding hydrogens is 370 g/mol. The number of aromatic nitrogens is 2. The molecule has 1 aromatic heterocycles. The molecule has 0 unspecified atom stereocenters. The van der Waals surface area contributed by atoms with Gasteiger partial charge in [-0.15, -0.1) is 0 Å². The first kappa shape index (κ1) is 19.2. The van der Waals surface area contributed by atoms with Crippen molar-refractivity contribution in [3.63, 3.8) is 0 Å². The average molecular weight is 395 g/mol. The first-order valence-electron chi connectivity index (χ1n) is 9.84. The number of nitrogens with zero attached hydrogens (tertiary/aromatic N) is 5. The molecule has 1 atom stereocenters. The predicted molar refractivity (Wildman–Crippen MR) is 109 cm³/mol. The van der Waals surface area contributed by atoms with Crippen molar-refractivity contribution < 1.29 is 14.3 Å². The standard InChI is InChI=1S/C21H25N5O3/c1-14-12-22-19(16(3)23-14)24-8-10-25(11-9-24)20(27)17-4-6-18(7-5-17)26-15(2)13-29-21(26)28/h4-7,12,15H,8-11,13H2,1-3H3/t15-/m1/s1. The van der Waals surface area contributed by atoms with Crippen molar-refractivity contribution in [2.24, 2.45) is 0 Å². The number of hydrogen-bond donors (Lipinski definition) is 0. The lowest BCUT2D eigenvalue weighted by Crippen LogP contribution is -2.49. The molecule has 0 bridgehead atoms. The third kappa shape index (κ3) is 3.74. The van der Waals surface area contributed by atoms with Crippen LogP contribution in [0.25, 0.3) is 0 Å². The molecule has 0 saturated carbocycles. The van der Waals surface area contributed by atoms with E-state index in [0.717, 1.165) is 36.0 Å². The molecule has 0 radical (unpaired) electrons. The summed E-state index contributed by atoms with van der Waals surface area (Å²) in [4.78, 5) is 39.4. The number of piperazine rings is 1. The number of anilines is 2. The quantitative estimate of drug-likeness (QED) is 0.794. The van der Waals surface area contributed by atoms with Gasteiger partial charge in [0.1, 0.15) is 12.4 Å². The Morgan fingerprint density at radius 3 is 2.38 bits per heavy atom. The molecule has 2 saturated heterocycles. The number of carbonyl (C=O) groups excluding carboxylic acids is 2. The molecule has 0 aliphatic carbocycles. The fourth-order valence-electron chi connectivity index (χ4n) is 3.85. The van der Waals surface area contributed by atoms with Gasteiger partial charge in [-0.05, 0) is 45.0 Å². The van der Waals surface area contributed by atoms with Gasteiger partial charge in [-0.1, -0.05) is 0 Å². The minimum Gasteiger partial charge on any atom is -0.447 e. The van der Waals surface area contributed by atoms with Crippen molar-refractivity contribution in [1.82, 2.24) is 14.9 Å². The van der Waals surface area contributed by atoms with Crippen LogP contribution in [0.1, 0.15) is 28.7 Å². The van der Waals surface area contributed by atoms with Gasteiger partial charge in [-0.25, -0.2) is 9.78 Å². The van der Waals surface area contributed by atoms with E-state index in [1.54, 1.807) is 35.4 Å². The summed E-state index contributed by atoms with van der Waals surface area (Å²) < 4.78 is 5.06. The number of benzene rings is 1. The van der Waals surface area contributed by atoms with Gasteiger partial charge in [0, 0.05) is 37.4 Å². The maximum Gasteiger partial charge on any atom is 0.414 e. The van der Waals surface area contributed by atoms with Crippen LogP contribution in [0.5, 0.6) is 0 Å². The van der Waals surface area contributed by atoms with E-state index >= 15 is 0 Å². The number of aryl methyl sites for hydroxylation is 2. The lowest BCUT2D eigenvalue weighted by Gasteiger charge is -2.36. The van der Waals surface area contributed by atoms with E-state index in [1.807, 2.05) is 25.7 Å². The first-order valence-corrected chi connectivity index (χ1v) is 9.84. The lowest BCUT2D eigenvalue weighted by molar-refractivity contribution is 0.0746. The Balaban J connectivity index is 1.40.